The van der Waals surface area contributed by atoms with Crippen LogP contribution in [0.15, 0.2) is 36.5 Å². The molecule has 2 aromatic rings. The van der Waals surface area contributed by atoms with E-state index in [2.05, 4.69) is 46.4 Å². The molecule has 2 aliphatic heterocycles. The molecule has 1 spiro atoms. The van der Waals surface area contributed by atoms with Gasteiger partial charge in [0.25, 0.3) is 0 Å². The number of benzene rings is 1. The summed E-state index contributed by atoms with van der Waals surface area (Å²) in [6.45, 7) is 7.80. The lowest BCUT2D eigenvalue weighted by Crippen LogP contribution is -2.46. The number of hydrogen-bond donors (Lipinski definition) is 1. The van der Waals surface area contributed by atoms with Gasteiger partial charge in [0.1, 0.15) is 11.6 Å². The normalized spacial score (nSPS) is 17.2. The monoisotopic (exact) mass is 353 g/mol. The second-order valence-corrected chi connectivity index (χ2v) is 6.63. The summed E-state index contributed by atoms with van der Waals surface area (Å²) < 4.78 is 5.30. The van der Waals surface area contributed by atoms with Gasteiger partial charge in [0, 0.05) is 24.3 Å². The van der Waals surface area contributed by atoms with Crippen molar-refractivity contribution in [2.45, 2.75) is 39.0 Å². The van der Waals surface area contributed by atoms with Crippen molar-refractivity contribution in [1.29, 1.82) is 0 Å². The molecular weight excluding hydrogens is 326 g/mol. The number of pyridine rings is 1. The average molecular weight is 353 g/mol. The Morgan fingerprint density at radius 3 is 2.42 bits per heavy atom. The topological polar surface area (TPSA) is 54.5 Å². The summed E-state index contributed by atoms with van der Waals surface area (Å²) in [4.78, 5) is 19.4. The van der Waals surface area contributed by atoms with E-state index in [-0.39, 0.29) is 5.91 Å². The number of amides is 1. The highest BCUT2D eigenvalue weighted by Crippen LogP contribution is 2.45. The highest BCUT2D eigenvalue weighted by molar-refractivity contribution is 6.05. The van der Waals surface area contributed by atoms with Gasteiger partial charge < -0.3 is 15.0 Å². The largest absolute Gasteiger partial charge is 0.495 e. The summed E-state index contributed by atoms with van der Waals surface area (Å²) >= 11 is 0. The number of carbonyl (C=O) groups is 1. The summed E-state index contributed by atoms with van der Waals surface area (Å²) in [5, 5.41) is 2.95. The molecule has 1 saturated heterocycles. The molecule has 3 heterocycles. The van der Waals surface area contributed by atoms with Crippen LogP contribution in [0.5, 0.6) is 5.75 Å². The Labute approximate surface area is 155 Å². The number of ether oxygens (including phenoxy) is 1. The molecule has 4 rings (SSSR count). The molecule has 2 aliphatic rings. The van der Waals surface area contributed by atoms with Gasteiger partial charge in [0.15, 0.2) is 0 Å². The minimum absolute atomic E-state index is 0.0711. The predicted molar refractivity (Wildman–Crippen MR) is 105 cm³/mol. The number of carbonyl (C=O) groups excluding carboxylic acids is 1. The number of nitrogens with zero attached hydrogens (tertiary/aromatic N) is 2. The Morgan fingerprint density at radius 2 is 1.81 bits per heavy atom. The molecule has 0 atom stereocenters. The predicted octanol–water partition coefficient (Wildman–Crippen LogP) is 3.92. The van der Waals surface area contributed by atoms with Crippen molar-refractivity contribution in [3.63, 3.8) is 0 Å². The maximum absolute atomic E-state index is 12.7. The lowest BCUT2D eigenvalue weighted by atomic mass is 9.74. The number of fused-ring (bicyclic) bond motifs is 2. The van der Waals surface area contributed by atoms with Crippen molar-refractivity contribution in [2.75, 3.05) is 30.4 Å². The molecule has 0 aliphatic carbocycles. The molecule has 138 valence electrons. The Kier molecular flexibility index (Phi) is 5.16. The maximum Gasteiger partial charge on any atom is 0.236 e. The van der Waals surface area contributed by atoms with Crippen molar-refractivity contribution in [2.24, 2.45) is 0 Å². The molecule has 1 aromatic carbocycles. The highest BCUT2D eigenvalue weighted by Gasteiger charge is 2.49. The quantitative estimate of drug-likeness (QED) is 0.889. The van der Waals surface area contributed by atoms with Crippen LogP contribution < -0.4 is 15.0 Å². The first kappa shape index (κ1) is 18.2. The van der Waals surface area contributed by atoms with E-state index in [0.29, 0.717) is 11.6 Å². The van der Waals surface area contributed by atoms with Crippen molar-refractivity contribution in [3.05, 3.63) is 47.7 Å². The number of hydrogen-bond acceptors (Lipinski definition) is 4. The molecule has 1 fully saturated rings. The minimum Gasteiger partial charge on any atom is -0.495 e. The van der Waals surface area contributed by atoms with Crippen molar-refractivity contribution < 1.29 is 9.53 Å². The summed E-state index contributed by atoms with van der Waals surface area (Å²) in [7, 11) is 1.63. The van der Waals surface area contributed by atoms with E-state index in [0.717, 1.165) is 31.5 Å². The molecular formula is C21H27N3O2. The maximum atomic E-state index is 12.7. The summed E-state index contributed by atoms with van der Waals surface area (Å²) in [6.07, 6.45) is 3.22. The first-order valence-electron chi connectivity index (χ1n) is 9.30. The first-order valence-corrected chi connectivity index (χ1v) is 9.30. The standard InChI is InChI=1S/C19H21N3O2.C2H6/c1-13-3-5-14(6-4-13)22-9-7-19(8-10-22)16-11-15(24-2)12-20-17(16)21-18(19)23;1-2/h3-6,11-12H,7-10H2,1-2H3,(H,20,21,23);1-2H3. The van der Waals surface area contributed by atoms with E-state index in [9.17, 15) is 4.79 Å². The van der Waals surface area contributed by atoms with Gasteiger partial charge in [0.05, 0.1) is 18.7 Å². The second-order valence-electron chi connectivity index (χ2n) is 6.63. The number of methoxy groups -OCH3 is 1. The first-order chi connectivity index (χ1) is 12.6. The van der Waals surface area contributed by atoms with Crippen LogP contribution in [0.25, 0.3) is 0 Å². The highest BCUT2D eigenvalue weighted by atomic mass is 16.5. The molecule has 5 heteroatoms. The number of nitrogens with one attached hydrogen (secondary N) is 1. The smallest absolute Gasteiger partial charge is 0.236 e. The Morgan fingerprint density at radius 1 is 1.15 bits per heavy atom. The van der Waals surface area contributed by atoms with Gasteiger partial charge in [-0.2, -0.15) is 0 Å². The molecule has 5 nitrogen and oxygen atoms in total. The van der Waals surface area contributed by atoms with Gasteiger partial charge in [-0.1, -0.05) is 31.5 Å². The van der Waals surface area contributed by atoms with Crippen LogP contribution in [0.4, 0.5) is 11.5 Å². The zero-order chi connectivity index (χ0) is 18.7. The van der Waals surface area contributed by atoms with Crippen LogP contribution in [0, 0.1) is 6.92 Å². The third-order valence-electron chi connectivity index (χ3n) is 5.30. The third-order valence-corrected chi connectivity index (χ3v) is 5.30. The van der Waals surface area contributed by atoms with Gasteiger partial charge in [-0.05, 0) is 38.0 Å². The van der Waals surface area contributed by atoms with Crippen molar-refractivity contribution >= 4 is 17.4 Å². The Balaban J connectivity index is 0.000000948. The lowest BCUT2D eigenvalue weighted by Gasteiger charge is -2.39. The van der Waals surface area contributed by atoms with Crippen LogP contribution in [-0.4, -0.2) is 31.1 Å². The van der Waals surface area contributed by atoms with Crippen molar-refractivity contribution in [1.82, 2.24) is 4.98 Å². The fourth-order valence-corrected chi connectivity index (χ4v) is 3.77. The Bertz CT molecular complexity index is 778. The number of piperidine rings is 1. The molecule has 26 heavy (non-hydrogen) atoms. The van der Waals surface area contributed by atoms with E-state index in [1.165, 1.54) is 11.3 Å². The van der Waals surface area contributed by atoms with Crippen LogP contribution in [0.1, 0.15) is 37.8 Å². The molecule has 1 N–H and O–H groups in total. The molecule has 0 radical (unpaired) electrons. The van der Waals surface area contributed by atoms with Gasteiger partial charge in [-0.15, -0.1) is 0 Å². The molecule has 1 aromatic heterocycles. The minimum atomic E-state index is -0.474. The van der Waals surface area contributed by atoms with Gasteiger partial charge >= 0.3 is 0 Å². The molecule has 0 unspecified atom stereocenters. The molecule has 0 bridgehead atoms. The number of anilines is 2. The average Bonchev–Trinajstić information content (AvgIpc) is 2.96. The van der Waals surface area contributed by atoms with E-state index in [4.69, 9.17) is 4.74 Å². The number of aromatic nitrogens is 1. The van der Waals surface area contributed by atoms with Gasteiger partial charge in [0.2, 0.25) is 5.91 Å². The summed E-state index contributed by atoms with van der Waals surface area (Å²) in [6, 6.07) is 10.5. The second kappa shape index (κ2) is 7.36. The van der Waals surface area contributed by atoms with Gasteiger partial charge in [-0.25, -0.2) is 4.98 Å². The zero-order valence-electron chi connectivity index (χ0n) is 16.0. The third kappa shape index (κ3) is 3.02. The fourth-order valence-electron chi connectivity index (χ4n) is 3.77. The van der Waals surface area contributed by atoms with E-state index >= 15 is 0 Å². The van der Waals surface area contributed by atoms with E-state index < -0.39 is 5.41 Å². The molecule has 0 saturated carbocycles. The summed E-state index contributed by atoms with van der Waals surface area (Å²) in [5.41, 5.74) is 2.99. The number of rotatable bonds is 2. The SMILES string of the molecule is CC.COc1cnc2c(c1)C1(CCN(c3ccc(C)cc3)CC1)C(=O)N2. The van der Waals surface area contributed by atoms with Gasteiger partial charge in [-0.3, -0.25) is 4.79 Å². The zero-order valence-corrected chi connectivity index (χ0v) is 16.0. The van der Waals surface area contributed by atoms with Crippen LogP contribution in [-0.2, 0) is 10.2 Å². The molecule has 1 amide bonds. The van der Waals surface area contributed by atoms with Crippen LogP contribution in [0.2, 0.25) is 0 Å². The van der Waals surface area contributed by atoms with E-state index in [1.807, 2.05) is 19.9 Å². The fraction of sp³-hybridized carbons (Fsp3) is 0.429. The summed E-state index contributed by atoms with van der Waals surface area (Å²) in [5.74, 6) is 1.46. The van der Waals surface area contributed by atoms with Crippen molar-refractivity contribution in [3.8, 4) is 5.75 Å². The lowest BCUT2D eigenvalue weighted by molar-refractivity contribution is -0.121. The van der Waals surface area contributed by atoms with E-state index in [1.54, 1.807) is 13.3 Å². The number of aryl methyl sites for hydroxylation is 1. The van der Waals surface area contributed by atoms with Crippen LogP contribution in [0.3, 0.4) is 0 Å². The Hall–Kier alpha value is -2.56. The van der Waals surface area contributed by atoms with Crippen LogP contribution >= 0.6 is 0 Å².